The fourth-order valence-electron chi connectivity index (χ4n) is 4.97. The van der Waals surface area contributed by atoms with Crippen molar-refractivity contribution in [3.05, 3.63) is 47.4 Å². The van der Waals surface area contributed by atoms with Gasteiger partial charge >= 0.3 is 0 Å². The number of fused-ring (bicyclic) bond motifs is 1. The van der Waals surface area contributed by atoms with Crippen LogP contribution in [-0.4, -0.2) is 57.0 Å². The number of likely N-dealkylation sites (tertiary alicyclic amines) is 1. The van der Waals surface area contributed by atoms with Crippen LogP contribution in [0.15, 0.2) is 30.3 Å². The summed E-state index contributed by atoms with van der Waals surface area (Å²) in [7, 11) is 0. The first-order valence-electron chi connectivity index (χ1n) is 12.0. The molecule has 1 unspecified atom stereocenters. The van der Waals surface area contributed by atoms with Crippen LogP contribution < -0.4 is 10.6 Å². The molecule has 8 nitrogen and oxygen atoms in total. The molecule has 0 radical (unpaired) electrons. The van der Waals surface area contributed by atoms with Crippen LogP contribution >= 0.6 is 0 Å². The van der Waals surface area contributed by atoms with Crippen molar-refractivity contribution in [2.45, 2.75) is 51.5 Å². The average Bonchev–Trinajstić information content (AvgIpc) is 3.45. The highest BCUT2D eigenvalue weighted by Crippen LogP contribution is 2.29. The molecule has 1 aromatic carbocycles. The van der Waals surface area contributed by atoms with Gasteiger partial charge < -0.3 is 15.5 Å². The monoisotopic (exact) mass is 464 g/mol. The van der Waals surface area contributed by atoms with E-state index in [0.29, 0.717) is 17.0 Å². The summed E-state index contributed by atoms with van der Waals surface area (Å²) >= 11 is 0. The zero-order valence-corrected chi connectivity index (χ0v) is 19.3. The van der Waals surface area contributed by atoms with Gasteiger partial charge in [0, 0.05) is 48.9 Å². The Balaban J connectivity index is 1.59. The molecule has 1 atom stereocenters. The minimum absolute atomic E-state index is 0.0721. The molecular weight excluding hydrogens is 435 g/mol. The van der Waals surface area contributed by atoms with Gasteiger partial charge in [-0.15, -0.1) is 0 Å². The zero-order valence-electron chi connectivity index (χ0n) is 19.3. The van der Waals surface area contributed by atoms with Crippen molar-refractivity contribution in [3.8, 4) is 11.3 Å². The van der Waals surface area contributed by atoms with Crippen LogP contribution in [0.1, 0.15) is 66.3 Å². The number of halogens is 1. The maximum absolute atomic E-state index is 14.8. The Kier molecular flexibility index (Phi) is 5.93. The van der Waals surface area contributed by atoms with Gasteiger partial charge in [-0.25, -0.2) is 9.37 Å². The topological polar surface area (TPSA) is 96.8 Å². The highest BCUT2D eigenvalue weighted by Gasteiger charge is 2.27. The number of anilines is 1. The van der Waals surface area contributed by atoms with Crippen LogP contribution in [-0.2, 0) is 0 Å². The second-order valence-corrected chi connectivity index (χ2v) is 9.25. The quantitative estimate of drug-likeness (QED) is 0.636. The Labute approximate surface area is 197 Å². The van der Waals surface area contributed by atoms with Crippen molar-refractivity contribution in [2.75, 3.05) is 24.5 Å². The fraction of sp³-hybridized carbons (Fsp3) is 0.440. The highest BCUT2D eigenvalue weighted by atomic mass is 19.1. The molecule has 2 saturated heterocycles. The number of rotatable bonds is 4. The third kappa shape index (κ3) is 4.10. The summed E-state index contributed by atoms with van der Waals surface area (Å²) in [5.74, 6) is -0.563. The molecule has 0 saturated carbocycles. The molecule has 2 aliphatic rings. The first-order chi connectivity index (χ1) is 16.4. The normalized spacial score (nSPS) is 18.9. The summed E-state index contributed by atoms with van der Waals surface area (Å²) < 4.78 is 16.5. The smallest absolute Gasteiger partial charge is 0.272 e. The molecule has 2 N–H and O–H groups in total. The molecule has 9 heteroatoms. The van der Waals surface area contributed by atoms with E-state index in [-0.39, 0.29) is 23.1 Å². The van der Waals surface area contributed by atoms with Gasteiger partial charge in [0.15, 0.2) is 5.65 Å². The predicted octanol–water partition coefficient (Wildman–Crippen LogP) is 3.64. The number of hydrogen-bond acceptors (Lipinski definition) is 5. The van der Waals surface area contributed by atoms with Crippen LogP contribution in [0.2, 0.25) is 0 Å². The Bertz CT molecular complexity index is 1250. The van der Waals surface area contributed by atoms with E-state index in [1.165, 1.54) is 12.1 Å². The van der Waals surface area contributed by atoms with Gasteiger partial charge in [-0.3, -0.25) is 9.59 Å². The third-order valence-corrected chi connectivity index (χ3v) is 6.90. The summed E-state index contributed by atoms with van der Waals surface area (Å²) in [6.07, 6.45) is 6.37. The molecule has 0 aliphatic carbocycles. The number of hydrogen-bond donors (Lipinski definition) is 1. The van der Waals surface area contributed by atoms with E-state index < -0.39 is 11.7 Å². The van der Waals surface area contributed by atoms with Gasteiger partial charge in [0.2, 0.25) is 5.91 Å². The van der Waals surface area contributed by atoms with E-state index in [4.69, 9.17) is 5.73 Å². The highest BCUT2D eigenvalue weighted by molar-refractivity contribution is 5.94. The summed E-state index contributed by atoms with van der Waals surface area (Å²) in [6, 6.07) is 7.77. The first-order valence-corrected chi connectivity index (χ1v) is 12.0. The predicted molar refractivity (Wildman–Crippen MR) is 127 cm³/mol. The van der Waals surface area contributed by atoms with Crippen LogP contribution in [0.5, 0.6) is 0 Å². The van der Waals surface area contributed by atoms with Crippen LogP contribution in [0.25, 0.3) is 16.9 Å². The number of nitrogens with two attached hydrogens (primary N) is 1. The van der Waals surface area contributed by atoms with Gasteiger partial charge in [-0.05, 0) is 50.8 Å². The molecule has 34 heavy (non-hydrogen) atoms. The standard InChI is InChI=1S/C25H29FN6O2/c1-16-7-3-2-4-12-31(16)25(34)21-15-23(30-10-5-6-11-30)32-22(28-21)14-20(29-32)18-9-8-17(24(27)33)13-19(18)26/h8-9,13-16H,2-7,10-12H2,1H3,(H2,27,33). The molecule has 2 aliphatic heterocycles. The minimum Gasteiger partial charge on any atom is -0.366 e. The molecule has 2 amide bonds. The lowest BCUT2D eigenvalue weighted by Gasteiger charge is -2.27. The Morgan fingerprint density at radius 3 is 2.53 bits per heavy atom. The van der Waals surface area contributed by atoms with Crippen LogP contribution in [0, 0.1) is 5.82 Å². The van der Waals surface area contributed by atoms with Crippen LogP contribution in [0.3, 0.4) is 0 Å². The molecule has 5 rings (SSSR count). The Morgan fingerprint density at radius 2 is 1.79 bits per heavy atom. The van der Waals surface area contributed by atoms with E-state index in [1.807, 2.05) is 11.0 Å². The number of primary amides is 1. The molecule has 2 aromatic heterocycles. The largest absolute Gasteiger partial charge is 0.366 e. The number of aromatic nitrogens is 3. The number of carbonyl (C=O) groups excluding carboxylic acids is 2. The molecule has 2 fully saturated rings. The number of amides is 2. The Morgan fingerprint density at radius 1 is 1.03 bits per heavy atom. The lowest BCUT2D eigenvalue weighted by Crippen LogP contribution is -2.39. The first kappa shape index (κ1) is 22.3. The molecule has 178 valence electrons. The summed E-state index contributed by atoms with van der Waals surface area (Å²) in [5.41, 5.74) is 6.88. The molecule has 4 heterocycles. The van der Waals surface area contributed by atoms with E-state index in [1.54, 1.807) is 10.6 Å². The Hall–Kier alpha value is -3.49. The zero-order chi connectivity index (χ0) is 23.8. The molecule has 0 bridgehead atoms. The second-order valence-electron chi connectivity index (χ2n) is 9.25. The molecule has 3 aromatic rings. The van der Waals surface area contributed by atoms with Crippen molar-refractivity contribution in [3.63, 3.8) is 0 Å². The van der Waals surface area contributed by atoms with E-state index in [9.17, 15) is 14.0 Å². The van der Waals surface area contributed by atoms with E-state index >= 15 is 0 Å². The fourth-order valence-corrected chi connectivity index (χ4v) is 4.97. The number of nitrogens with zero attached hydrogens (tertiary/aromatic N) is 5. The maximum atomic E-state index is 14.8. The van der Waals surface area contributed by atoms with Crippen molar-refractivity contribution in [2.24, 2.45) is 5.73 Å². The summed E-state index contributed by atoms with van der Waals surface area (Å²) in [6.45, 7) is 4.56. The summed E-state index contributed by atoms with van der Waals surface area (Å²) in [5, 5.41) is 4.64. The lowest BCUT2D eigenvalue weighted by molar-refractivity contribution is 0.0692. The van der Waals surface area contributed by atoms with Crippen LogP contribution in [0.4, 0.5) is 10.2 Å². The van der Waals surface area contributed by atoms with Gasteiger partial charge in [-0.2, -0.15) is 9.61 Å². The minimum atomic E-state index is -0.690. The van der Waals surface area contributed by atoms with Crippen molar-refractivity contribution >= 4 is 23.3 Å². The number of benzene rings is 1. The second kappa shape index (κ2) is 9.04. The van der Waals surface area contributed by atoms with Gasteiger partial charge in [0.05, 0.1) is 5.69 Å². The van der Waals surface area contributed by atoms with Crippen molar-refractivity contribution in [1.29, 1.82) is 0 Å². The summed E-state index contributed by atoms with van der Waals surface area (Å²) in [4.78, 5) is 33.7. The van der Waals surface area contributed by atoms with Gasteiger partial charge in [-0.1, -0.05) is 12.8 Å². The SMILES string of the molecule is CC1CCCCCN1C(=O)c1cc(N2CCCC2)n2nc(-c3ccc(C(N)=O)cc3F)cc2n1. The van der Waals surface area contributed by atoms with Gasteiger partial charge in [0.25, 0.3) is 5.91 Å². The maximum Gasteiger partial charge on any atom is 0.272 e. The third-order valence-electron chi connectivity index (χ3n) is 6.90. The lowest BCUT2D eigenvalue weighted by atomic mass is 10.1. The van der Waals surface area contributed by atoms with Crippen molar-refractivity contribution < 1.29 is 14.0 Å². The average molecular weight is 465 g/mol. The van der Waals surface area contributed by atoms with E-state index in [2.05, 4.69) is 21.9 Å². The van der Waals surface area contributed by atoms with Crippen molar-refractivity contribution in [1.82, 2.24) is 19.5 Å². The molecular formula is C25H29FN6O2. The number of carbonyl (C=O) groups is 2. The van der Waals surface area contributed by atoms with E-state index in [0.717, 1.165) is 70.0 Å². The van der Waals surface area contributed by atoms with Gasteiger partial charge in [0.1, 0.15) is 17.3 Å². The molecule has 0 spiro atoms.